The number of hydrogen-bond donors (Lipinski definition) is 0. The summed E-state index contributed by atoms with van der Waals surface area (Å²) in [4.78, 5) is 0. The fraction of sp³-hybridized carbons (Fsp3) is 1.00. The number of hydrogen-bond acceptors (Lipinski definition) is 0. The molecule has 0 saturated heterocycles. The predicted octanol–water partition coefficient (Wildman–Crippen LogP) is 0.156. The van der Waals surface area contributed by atoms with Crippen LogP contribution in [0, 0.1) is 5.92 Å². The molecule has 0 aliphatic carbocycles. The topological polar surface area (TPSA) is 0 Å². The zero-order valence-corrected chi connectivity index (χ0v) is 5.35. The van der Waals surface area contributed by atoms with Crippen molar-refractivity contribution in [1.82, 2.24) is 0 Å². The van der Waals surface area contributed by atoms with Crippen LogP contribution in [0.2, 0.25) is 4.73 Å². The van der Waals surface area contributed by atoms with E-state index in [1.165, 1.54) is 4.73 Å². The van der Waals surface area contributed by atoms with Gasteiger partial charge in [-0.15, -0.1) is 0 Å². The van der Waals surface area contributed by atoms with Crippen molar-refractivity contribution in [3.05, 3.63) is 0 Å². The second-order valence-electron chi connectivity index (χ2n) is 1.60. The molecule has 0 aromatic heterocycles. The molecule has 0 unspecified atom stereocenters. The molecule has 0 amide bonds. The quantitative estimate of drug-likeness (QED) is 0.506. The van der Waals surface area contributed by atoms with Gasteiger partial charge in [0.05, 0.1) is 0 Å². The SMILES string of the molecule is CC(C)[CH2][Ti].[GeH4]. The molecule has 2 heteroatoms. The van der Waals surface area contributed by atoms with Gasteiger partial charge in [-0.05, 0) is 0 Å². The maximum atomic E-state index is 2.22. The molecule has 6 heavy (non-hydrogen) atoms. The van der Waals surface area contributed by atoms with Gasteiger partial charge in [0.15, 0.2) is 0 Å². The van der Waals surface area contributed by atoms with Crippen molar-refractivity contribution in [3.8, 4) is 0 Å². The summed E-state index contributed by atoms with van der Waals surface area (Å²) in [6.07, 6.45) is 0. The molecule has 0 fully saturated rings. The Morgan fingerprint density at radius 1 is 1.50 bits per heavy atom. The second kappa shape index (κ2) is 6.26. The minimum atomic E-state index is 0. The van der Waals surface area contributed by atoms with Gasteiger partial charge in [0.1, 0.15) is 0 Å². The van der Waals surface area contributed by atoms with Crippen LogP contribution in [0.3, 0.4) is 0 Å². The standard InChI is InChI=1S/C4H9.GeH4.Ti/c1-4(2)3;;/h4H,1H2,2-3H3;1H4;. The molecule has 0 aromatic carbocycles. The van der Waals surface area contributed by atoms with Gasteiger partial charge in [-0.25, -0.2) is 0 Å². The Morgan fingerprint density at radius 2 is 1.67 bits per heavy atom. The zero-order valence-electron chi connectivity index (χ0n) is 3.78. The van der Waals surface area contributed by atoms with Crippen LogP contribution < -0.4 is 0 Å². The molecule has 0 aliphatic heterocycles. The van der Waals surface area contributed by atoms with Gasteiger partial charge in [0.2, 0.25) is 0 Å². The first-order valence-corrected chi connectivity index (χ1v) is 3.02. The molecule has 0 atom stereocenters. The van der Waals surface area contributed by atoms with Gasteiger partial charge in [-0.3, -0.25) is 0 Å². The van der Waals surface area contributed by atoms with E-state index >= 15 is 0 Å². The van der Waals surface area contributed by atoms with Crippen LogP contribution in [0.1, 0.15) is 13.8 Å². The third-order valence-electron chi connectivity index (χ3n) is 0.408. The van der Waals surface area contributed by atoms with Gasteiger partial charge in [-0.1, -0.05) is 0 Å². The van der Waals surface area contributed by atoms with Gasteiger partial charge in [0.25, 0.3) is 0 Å². The average molecular weight is 182 g/mol. The van der Waals surface area contributed by atoms with E-state index in [0.29, 0.717) is 0 Å². The van der Waals surface area contributed by atoms with E-state index in [0.717, 1.165) is 5.92 Å². The summed E-state index contributed by atoms with van der Waals surface area (Å²) < 4.78 is 1.31. The molecular weight excluding hydrogens is 169 g/mol. The van der Waals surface area contributed by atoms with Gasteiger partial charge in [-0.2, -0.15) is 0 Å². The zero-order chi connectivity index (χ0) is 4.28. The van der Waals surface area contributed by atoms with Crippen LogP contribution in [-0.2, 0) is 20.4 Å². The van der Waals surface area contributed by atoms with Gasteiger partial charge >= 0.3 is 62.5 Å². The molecule has 0 aromatic rings. The van der Waals surface area contributed by atoms with E-state index in [-0.39, 0.29) is 17.6 Å². The van der Waals surface area contributed by atoms with Crippen molar-refractivity contribution in [3.63, 3.8) is 0 Å². The van der Waals surface area contributed by atoms with Crippen LogP contribution in [0.25, 0.3) is 0 Å². The third kappa shape index (κ3) is 8.98. The summed E-state index contributed by atoms with van der Waals surface area (Å²) in [6, 6.07) is 0. The molecule has 0 aliphatic rings. The minimum absolute atomic E-state index is 0. The molecule has 37 valence electrons. The summed E-state index contributed by atoms with van der Waals surface area (Å²) in [7, 11) is 0. The molecule has 0 radical (unpaired) electrons. The monoisotopic (exact) mass is 183 g/mol. The van der Waals surface area contributed by atoms with E-state index in [1.807, 2.05) is 0 Å². The molecular formula is C4H13GeTi. The Balaban J connectivity index is 0. The Labute approximate surface area is 62.5 Å². The first kappa shape index (κ1) is 10.3. The normalized spacial score (nSPS) is 7.67. The molecule has 0 nitrogen and oxygen atoms in total. The average Bonchev–Trinajstić information content (AvgIpc) is 1.38. The summed E-state index contributed by atoms with van der Waals surface area (Å²) in [5, 5.41) is 0. The molecule has 0 spiro atoms. The van der Waals surface area contributed by atoms with E-state index in [2.05, 4.69) is 34.3 Å². The summed E-state index contributed by atoms with van der Waals surface area (Å²) >= 11 is 2.20. The van der Waals surface area contributed by atoms with Gasteiger partial charge in [0, 0.05) is 0 Å². The Kier molecular flexibility index (Phi) is 10.7. The van der Waals surface area contributed by atoms with Crippen LogP contribution in [0.4, 0.5) is 0 Å². The van der Waals surface area contributed by atoms with E-state index in [4.69, 9.17) is 0 Å². The van der Waals surface area contributed by atoms with Gasteiger partial charge < -0.3 is 0 Å². The van der Waals surface area contributed by atoms with Crippen molar-refractivity contribution < 1.29 is 20.4 Å². The first-order chi connectivity index (χ1) is 2.27. The van der Waals surface area contributed by atoms with E-state index < -0.39 is 0 Å². The Bertz CT molecular complexity index is 21.5. The third-order valence-corrected chi connectivity index (χ3v) is 1.68. The van der Waals surface area contributed by atoms with Crippen molar-refractivity contribution >= 4 is 17.6 Å². The van der Waals surface area contributed by atoms with E-state index in [1.54, 1.807) is 0 Å². The van der Waals surface area contributed by atoms with E-state index in [9.17, 15) is 0 Å². The summed E-state index contributed by atoms with van der Waals surface area (Å²) in [5.74, 6) is 0.884. The molecule has 0 N–H and O–H groups in total. The predicted molar refractivity (Wildman–Crippen MR) is 31.0 cm³/mol. The van der Waals surface area contributed by atoms with Crippen LogP contribution in [0.15, 0.2) is 0 Å². The Morgan fingerprint density at radius 3 is 1.67 bits per heavy atom. The van der Waals surface area contributed by atoms with Crippen molar-refractivity contribution in [2.24, 2.45) is 5.92 Å². The van der Waals surface area contributed by atoms with Crippen LogP contribution in [-0.4, -0.2) is 17.6 Å². The second-order valence-corrected chi connectivity index (χ2v) is 2.24. The van der Waals surface area contributed by atoms with Crippen molar-refractivity contribution in [2.45, 2.75) is 18.6 Å². The fourth-order valence-corrected chi connectivity index (χ4v) is 0. The summed E-state index contributed by atoms with van der Waals surface area (Å²) in [5.41, 5.74) is 0. The van der Waals surface area contributed by atoms with Crippen molar-refractivity contribution in [2.75, 3.05) is 0 Å². The number of rotatable bonds is 1. The maximum absolute atomic E-state index is 2.22. The molecule has 0 heterocycles. The molecule has 0 bridgehead atoms. The van der Waals surface area contributed by atoms with Crippen LogP contribution in [0.5, 0.6) is 0 Å². The molecule has 0 saturated carbocycles. The van der Waals surface area contributed by atoms with Crippen molar-refractivity contribution in [1.29, 1.82) is 0 Å². The molecule has 0 rings (SSSR count). The fourth-order valence-electron chi connectivity index (χ4n) is 0. The Hall–Kier alpha value is 1.26. The first-order valence-electron chi connectivity index (χ1n) is 1.92. The summed E-state index contributed by atoms with van der Waals surface area (Å²) in [6.45, 7) is 4.44. The van der Waals surface area contributed by atoms with Crippen LogP contribution >= 0.6 is 0 Å².